The second-order valence-electron chi connectivity index (χ2n) is 7.35. The number of piperidine rings is 1. The first-order valence-corrected chi connectivity index (χ1v) is 11.0. The van der Waals surface area contributed by atoms with E-state index in [1.165, 1.54) is 6.42 Å². The summed E-state index contributed by atoms with van der Waals surface area (Å²) in [4.78, 5) is 20.1. The van der Waals surface area contributed by atoms with E-state index in [2.05, 4.69) is 40.8 Å². The van der Waals surface area contributed by atoms with Crippen molar-refractivity contribution in [3.63, 3.8) is 0 Å². The Bertz CT molecular complexity index is 1010. The highest BCUT2D eigenvalue weighted by Gasteiger charge is 2.16. The van der Waals surface area contributed by atoms with Crippen LogP contribution in [0.4, 0.5) is 23.5 Å². The molecule has 1 aliphatic rings. The van der Waals surface area contributed by atoms with Crippen molar-refractivity contribution in [2.24, 2.45) is 0 Å². The summed E-state index contributed by atoms with van der Waals surface area (Å²) in [5, 5.41) is 20.5. The summed E-state index contributed by atoms with van der Waals surface area (Å²) in [6.07, 6.45) is 5.29. The zero-order chi connectivity index (χ0) is 21.5. The fourth-order valence-corrected chi connectivity index (χ4v) is 3.74. The molecular weight excluding hydrogens is 416 g/mol. The lowest BCUT2D eigenvalue weighted by molar-refractivity contribution is 0.311. The Morgan fingerprint density at radius 3 is 2.42 bits per heavy atom. The van der Waals surface area contributed by atoms with Gasteiger partial charge in [-0.1, -0.05) is 11.6 Å². The standard InChI is InChI=1S/C21H27ClN8O/c22-15-4-5-16-17(6-7-23-18(16)14-15)24-8-9-25-19-27-20(26-10-13-31)29-21(28-19)30-11-2-1-3-12-30/h4-7,14,31H,1-3,8-13H2,(H,23,24)(H2,25,26,27,28,29). The van der Waals surface area contributed by atoms with Gasteiger partial charge in [0.1, 0.15) is 0 Å². The number of nitrogens with zero attached hydrogens (tertiary/aromatic N) is 5. The van der Waals surface area contributed by atoms with Gasteiger partial charge in [0.25, 0.3) is 0 Å². The molecule has 4 N–H and O–H groups in total. The molecule has 0 bridgehead atoms. The second kappa shape index (κ2) is 10.4. The molecule has 0 radical (unpaired) electrons. The molecule has 0 saturated carbocycles. The third-order valence-electron chi connectivity index (χ3n) is 5.09. The van der Waals surface area contributed by atoms with Gasteiger partial charge in [-0.15, -0.1) is 0 Å². The predicted molar refractivity (Wildman–Crippen MR) is 125 cm³/mol. The molecule has 3 heterocycles. The predicted octanol–water partition coefficient (Wildman–Crippen LogP) is 2.99. The van der Waals surface area contributed by atoms with Gasteiger partial charge >= 0.3 is 0 Å². The zero-order valence-corrected chi connectivity index (χ0v) is 18.1. The van der Waals surface area contributed by atoms with Gasteiger partial charge in [-0.25, -0.2) is 0 Å². The van der Waals surface area contributed by atoms with Crippen molar-refractivity contribution in [1.82, 2.24) is 19.9 Å². The molecule has 4 rings (SSSR count). The van der Waals surface area contributed by atoms with Crippen LogP contribution >= 0.6 is 11.6 Å². The topological polar surface area (TPSA) is 111 Å². The van der Waals surface area contributed by atoms with E-state index in [1.807, 2.05) is 24.3 Å². The SMILES string of the molecule is OCCNc1nc(NCCNc2ccnc3cc(Cl)ccc23)nc(N2CCCCC2)n1. The molecule has 3 aromatic rings. The Hall–Kier alpha value is -2.91. The van der Waals surface area contributed by atoms with E-state index in [9.17, 15) is 0 Å². The number of aliphatic hydroxyl groups excluding tert-OH is 1. The van der Waals surface area contributed by atoms with E-state index in [4.69, 9.17) is 16.7 Å². The molecule has 1 saturated heterocycles. The van der Waals surface area contributed by atoms with E-state index in [0.717, 1.165) is 42.5 Å². The molecule has 0 atom stereocenters. The number of halogens is 1. The summed E-state index contributed by atoms with van der Waals surface area (Å²) in [6, 6.07) is 7.64. The first-order valence-electron chi connectivity index (χ1n) is 10.6. The van der Waals surface area contributed by atoms with Gasteiger partial charge in [0.05, 0.1) is 12.1 Å². The van der Waals surface area contributed by atoms with Crippen molar-refractivity contribution in [3.05, 3.63) is 35.5 Å². The Labute approximate surface area is 186 Å². The van der Waals surface area contributed by atoms with Gasteiger partial charge in [-0.2, -0.15) is 15.0 Å². The van der Waals surface area contributed by atoms with E-state index < -0.39 is 0 Å². The van der Waals surface area contributed by atoms with Crippen LogP contribution in [0.2, 0.25) is 5.02 Å². The third-order valence-corrected chi connectivity index (χ3v) is 5.32. The molecule has 9 nitrogen and oxygen atoms in total. The van der Waals surface area contributed by atoms with Crippen LogP contribution in [0.25, 0.3) is 10.9 Å². The van der Waals surface area contributed by atoms with Crippen molar-refractivity contribution in [3.8, 4) is 0 Å². The van der Waals surface area contributed by atoms with Gasteiger partial charge in [0.2, 0.25) is 17.8 Å². The largest absolute Gasteiger partial charge is 0.395 e. The number of fused-ring (bicyclic) bond motifs is 1. The summed E-state index contributed by atoms with van der Waals surface area (Å²) in [7, 11) is 0. The lowest BCUT2D eigenvalue weighted by Gasteiger charge is -2.27. The molecule has 0 amide bonds. The van der Waals surface area contributed by atoms with Gasteiger partial charge in [-0.05, 0) is 43.5 Å². The lowest BCUT2D eigenvalue weighted by atomic mass is 10.1. The van der Waals surface area contributed by atoms with Gasteiger partial charge in [0, 0.05) is 55.0 Å². The van der Waals surface area contributed by atoms with Crippen LogP contribution in [0.1, 0.15) is 19.3 Å². The number of benzene rings is 1. The first kappa shape index (κ1) is 21.3. The highest BCUT2D eigenvalue weighted by atomic mass is 35.5. The molecule has 0 aliphatic carbocycles. The maximum absolute atomic E-state index is 9.11. The maximum Gasteiger partial charge on any atom is 0.231 e. The van der Waals surface area contributed by atoms with E-state index in [0.29, 0.717) is 42.5 Å². The molecular formula is C21H27ClN8O. The van der Waals surface area contributed by atoms with Gasteiger partial charge in [-0.3, -0.25) is 4.98 Å². The van der Waals surface area contributed by atoms with Crippen LogP contribution < -0.4 is 20.9 Å². The highest BCUT2D eigenvalue weighted by molar-refractivity contribution is 6.31. The van der Waals surface area contributed by atoms with Gasteiger partial charge in [0.15, 0.2) is 0 Å². The molecule has 31 heavy (non-hydrogen) atoms. The minimum absolute atomic E-state index is 0.0164. The minimum Gasteiger partial charge on any atom is -0.395 e. The van der Waals surface area contributed by atoms with Crippen LogP contribution in [0.15, 0.2) is 30.5 Å². The molecule has 2 aromatic heterocycles. The summed E-state index contributed by atoms with van der Waals surface area (Å²) in [5.74, 6) is 1.66. The minimum atomic E-state index is 0.0164. The van der Waals surface area contributed by atoms with Crippen LogP contribution in [0.5, 0.6) is 0 Å². The van der Waals surface area contributed by atoms with E-state index >= 15 is 0 Å². The molecule has 1 fully saturated rings. The van der Waals surface area contributed by atoms with Crippen molar-refractivity contribution in [2.75, 3.05) is 60.2 Å². The molecule has 0 unspecified atom stereocenters. The monoisotopic (exact) mass is 442 g/mol. The number of rotatable bonds is 9. The number of pyridine rings is 1. The van der Waals surface area contributed by atoms with E-state index in [-0.39, 0.29) is 6.61 Å². The van der Waals surface area contributed by atoms with Gasteiger partial charge < -0.3 is 26.0 Å². The molecule has 1 aliphatic heterocycles. The fourth-order valence-electron chi connectivity index (χ4n) is 3.57. The van der Waals surface area contributed by atoms with Crippen molar-refractivity contribution < 1.29 is 5.11 Å². The number of aromatic nitrogens is 4. The molecule has 1 aromatic carbocycles. The number of hydrogen-bond donors (Lipinski definition) is 4. The van der Waals surface area contributed by atoms with Crippen LogP contribution in [0, 0.1) is 0 Å². The first-order chi connectivity index (χ1) is 15.2. The Balaban J connectivity index is 1.40. The molecule has 164 valence electrons. The average Bonchev–Trinajstić information content (AvgIpc) is 2.81. The lowest BCUT2D eigenvalue weighted by Crippen LogP contribution is -2.31. The highest BCUT2D eigenvalue weighted by Crippen LogP contribution is 2.24. The zero-order valence-electron chi connectivity index (χ0n) is 17.3. The van der Waals surface area contributed by atoms with E-state index in [1.54, 1.807) is 6.20 Å². The third kappa shape index (κ3) is 5.62. The molecule has 10 heteroatoms. The number of anilines is 4. The van der Waals surface area contributed by atoms with Crippen LogP contribution in [-0.2, 0) is 0 Å². The fraction of sp³-hybridized carbons (Fsp3) is 0.429. The average molecular weight is 443 g/mol. The number of aliphatic hydroxyl groups is 1. The second-order valence-corrected chi connectivity index (χ2v) is 7.79. The van der Waals surface area contributed by atoms with Crippen molar-refractivity contribution >= 4 is 46.0 Å². The quantitative estimate of drug-likeness (QED) is 0.371. The normalized spacial score (nSPS) is 13.9. The summed E-state index contributed by atoms with van der Waals surface area (Å²) >= 11 is 6.07. The number of nitrogens with one attached hydrogen (secondary N) is 3. The smallest absolute Gasteiger partial charge is 0.231 e. The summed E-state index contributed by atoms with van der Waals surface area (Å²) < 4.78 is 0. The van der Waals surface area contributed by atoms with Crippen LogP contribution in [0.3, 0.4) is 0 Å². The maximum atomic E-state index is 9.11. The summed E-state index contributed by atoms with van der Waals surface area (Å²) in [6.45, 7) is 3.60. The van der Waals surface area contributed by atoms with Crippen molar-refractivity contribution in [2.45, 2.75) is 19.3 Å². The number of hydrogen-bond acceptors (Lipinski definition) is 9. The summed E-state index contributed by atoms with van der Waals surface area (Å²) in [5.41, 5.74) is 1.85. The van der Waals surface area contributed by atoms with Crippen molar-refractivity contribution in [1.29, 1.82) is 0 Å². The Morgan fingerprint density at radius 2 is 1.65 bits per heavy atom. The van der Waals surface area contributed by atoms with Crippen LogP contribution in [-0.4, -0.2) is 64.4 Å². The Morgan fingerprint density at radius 1 is 0.903 bits per heavy atom. The Kier molecular flexibility index (Phi) is 7.16. The molecule has 0 spiro atoms.